The third-order valence-electron chi connectivity index (χ3n) is 3.17. The third kappa shape index (κ3) is 3.50. The number of hydrogen-bond donors (Lipinski definition) is 2. The van der Waals surface area contributed by atoms with Crippen LogP contribution in [0, 0.1) is 5.92 Å². The minimum atomic E-state index is -4.40. The molecule has 2 rings (SSSR count). The second kappa shape index (κ2) is 5.24. The van der Waals surface area contributed by atoms with Gasteiger partial charge in [0.15, 0.2) is 0 Å². The van der Waals surface area contributed by atoms with Gasteiger partial charge in [-0.15, -0.1) is 0 Å². The lowest BCUT2D eigenvalue weighted by Crippen LogP contribution is -2.27. The van der Waals surface area contributed by atoms with E-state index in [4.69, 9.17) is 5.84 Å². The van der Waals surface area contributed by atoms with Crippen LogP contribution < -0.4 is 16.2 Å². The highest BCUT2D eigenvalue weighted by Gasteiger charge is 2.32. The molecule has 3 N–H and O–H groups in total. The molecule has 0 radical (unpaired) electrons. The van der Waals surface area contributed by atoms with Crippen molar-refractivity contribution in [3.8, 4) is 0 Å². The number of nitrogens with zero attached hydrogens (tertiary/aromatic N) is 2. The molecule has 106 valence electrons. The highest BCUT2D eigenvalue weighted by atomic mass is 19.4. The van der Waals surface area contributed by atoms with E-state index >= 15 is 0 Å². The van der Waals surface area contributed by atoms with E-state index in [-0.39, 0.29) is 5.82 Å². The van der Waals surface area contributed by atoms with E-state index in [9.17, 15) is 13.2 Å². The number of rotatable bonds is 5. The van der Waals surface area contributed by atoms with Gasteiger partial charge in [0.25, 0.3) is 0 Å². The van der Waals surface area contributed by atoms with Crippen LogP contribution in [0.3, 0.4) is 0 Å². The van der Waals surface area contributed by atoms with Crippen LogP contribution in [0.25, 0.3) is 0 Å². The molecule has 0 atom stereocenters. The number of halogens is 3. The number of nitrogen functional groups attached to an aromatic ring is 1. The first-order valence-corrected chi connectivity index (χ1v) is 6.25. The van der Waals surface area contributed by atoms with Gasteiger partial charge in [-0.2, -0.15) is 13.2 Å². The van der Waals surface area contributed by atoms with E-state index < -0.39 is 11.7 Å². The van der Waals surface area contributed by atoms with Crippen LogP contribution in [0.2, 0.25) is 0 Å². The normalized spacial score (nSPS) is 15.4. The lowest BCUT2D eigenvalue weighted by molar-refractivity contribution is -0.137. The molecule has 19 heavy (non-hydrogen) atoms. The summed E-state index contributed by atoms with van der Waals surface area (Å²) >= 11 is 0. The van der Waals surface area contributed by atoms with Gasteiger partial charge < -0.3 is 10.3 Å². The molecule has 1 heterocycles. The largest absolute Gasteiger partial charge is 0.416 e. The van der Waals surface area contributed by atoms with Crippen molar-refractivity contribution in [2.45, 2.75) is 25.9 Å². The number of aromatic nitrogens is 1. The molecule has 0 aromatic carbocycles. The lowest BCUT2D eigenvalue weighted by Gasteiger charge is -2.23. The first kappa shape index (κ1) is 13.9. The monoisotopic (exact) mass is 274 g/mol. The number of nitrogens with two attached hydrogens (primary N) is 1. The highest BCUT2D eigenvalue weighted by molar-refractivity contribution is 5.51. The van der Waals surface area contributed by atoms with Gasteiger partial charge in [-0.3, -0.25) is 0 Å². The lowest BCUT2D eigenvalue weighted by atomic mass is 10.2. The van der Waals surface area contributed by atoms with Crippen LogP contribution in [-0.4, -0.2) is 18.1 Å². The molecule has 0 spiro atoms. The number of nitrogens with one attached hydrogen (secondary N) is 1. The Morgan fingerprint density at radius 3 is 2.58 bits per heavy atom. The number of hydrogen-bond acceptors (Lipinski definition) is 4. The quantitative estimate of drug-likeness (QED) is 0.640. The van der Waals surface area contributed by atoms with E-state index in [0.717, 1.165) is 31.5 Å². The Labute approximate surface area is 109 Å². The Hall–Kier alpha value is -1.50. The molecule has 7 heteroatoms. The van der Waals surface area contributed by atoms with Crippen molar-refractivity contribution >= 4 is 11.6 Å². The molecule has 0 saturated heterocycles. The van der Waals surface area contributed by atoms with Crippen molar-refractivity contribution in [3.05, 3.63) is 17.7 Å². The number of pyridine rings is 1. The molecule has 1 aliphatic rings. The Bertz CT molecular complexity index is 443. The molecule has 0 amide bonds. The van der Waals surface area contributed by atoms with Crippen LogP contribution in [0.5, 0.6) is 0 Å². The summed E-state index contributed by atoms with van der Waals surface area (Å²) in [5, 5.41) is 0. The van der Waals surface area contributed by atoms with E-state index in [0.29, 0.717) is 18.3 Å². The van der Waals surface area contributed by atoms with E-state index in [2.05, 4.69) is 10.4 Å². The molecule has 1 aromatic rings. The molecule has 4 nitrogen and oxygen atoms in total. The SMILES string of the molecule is CCN(CC1CC1)c1cc(C(F)(F)F)cc(NN)n1. The minimum absolute atomic E-state index is 0.0269. The summed E-state index contributed by atoms with van der Waals surface area (Å²) in [7, 11) is 0. The molecular weight excluding hydrogens is 257 g/mol. The van der Waals surface area contributed by atoms with Crippen LogP contribution in [0.4, 0.5) is 24.8 Å². The molecule has 1 aliphatic carbocycles. The fourth-order valence-corrected chi connectivity index (χ4v) is 1.91. The van der Waals surface area contributed by atoms with E-state index in [1.807, 2.05) is 11.8 Å². The minimum Gasteiger partial charge on any atom is -0.357 e. The Balaban J connectivity index is 2.31. The predicted octanol–water partition coefficient (Wildman–Crippen LogP) is 2.62. The van der Waals surface area contributed by atoms with Crippen LogP contribution in [0.15, 0.2) is 12.1 Å². The second-order valence-electron chi connectivity index (χ2n) is 4.72. The van der Waals surface area contributed by atoms with Gasteiger partial charge in [-0.05, 0) is 37.8 Å². The Morgan fingerprint density at radius 2 is 2.11 bits per heavy atom. The van der Waals surface area contributed by atoms with Gasteiger partial charge in [0.05, 0.1) is 5.56 Å². The number of anilines is 2. The summed E-state index contributed by atoms with van der Waals surface area (Å²) in [5.41, 5.74) is 1.45. The Kier molecular flexibility index (Phi) is 3.84. The standard InChI is InChI=1S/C12H17F3N4/c1-2-19(7-8-3-4-8)11-6-9(12(13,14)15)5-10(17-11)18-16/h5-6,8H,2-4,7,16H2,1H3,(H,17,18). The fourth-order valence-electron chi connectivity index (χ4n) is 1.91. The van der Waals surface area contributed by atoms with Crippen molar-refractivity contribution in [2.24, 2.45) is 11.8 Å². The zero-order valence-corrected chi connectivity index (χ0v) is 10.7. The van der Waals surface area contributed by atoms with Gasteiger partial charge in [0.2, 0.25) is 0 Å². The van der Waals surface area contributed by atoms with Gasteiger partial charge in [0, 0.05) is 13.1 Å². The molecule has 0 bridgehead atoms. The highest BCUT2D eigenvalue weighted by Crippen LogP contribution is 2.35. The summed E-state index contributed by atoms with van der Waals surface area (Å²) in [5.74, 6) is 6.11. The predicted molar refractivity (Wildman–Crippen MR) is 67.7 cm³/mol. The van der Waals surface area contributed by atoms with Crippen molar-refractivity contribution in [3.63, 3.8) is 0 Å². The summed E-state index contributed by atoms with van der Waals surface area (Å²) in [6.45, 7) is 3.27. The molecular formula is C12H17F3N4. The molecule has 0 aliphatic heterocycles. The van der Waals surface area contributed by atoms with Gasteiger partial charge in [-0.1, -0.05) is 0 Å². The molecule has 1 aromatic heterocycles. The van der Waals surface area contributed by atoms with E-state index in [1.54, 1.807) is 0 Å². The zero-order chi connectivity index (χ0) is 14.0. The van der Waals surface area contributed by atoms with Crippen molar-refractivity contribution < 1.29 is 13.2 Å². The van der Waals surface area contributed by atoms with Crippen LogP contribution in [-0.2, 0) is 6.18 Å². The van der Waals surface area contributed by atoms with Gasteiger partial charge >= 0.3 is 6.18 Å². The summed E-state index contributed by atoms with van der Waals surface area (Å²) in [6.07, 6.45) is -2.13. The Morgan fingerprint density at radius 1 is 1.42 bits per heavy atom. The van der Waals surface area contributed by atoms with Crippen molar-refractivity contribution in [1.82, 2.24) is 4.98 Å². The first-order valence-electron chi connectivity index (χ1n) is 6.25. The molecule has 1 saturated carbocycles. The maximum atomic E-state index is 12.8. The van der Waals surface area contributed by atoms with Crippen LogP contribution in [0.1, 0.15) is 25.3 Å². The zero-order valence-electron chi connectivity index (χ0n) is 10.7. The topological polar surface area (TPSA) is 54.2 Å². The van der Waals surface area contributed by atoms with E-state index in [1.165, 1.54) is 0 Å². The molecule has 0 unspecified atom stereocenters. The molecule has 1 fully saturated rings. The maximum absolute atomic E-state index is 12.8. The average Bonchev–Trinajstić information content (AvgIpc) is 3.18. The summed E-state index contributed by atoms with van der Waals surface area (Å²) in [4.78, 5) is 5.96. The third-order valence-corrected chi connectivity index (χ3v) is 3.17. The summed E-state index contributed by atoms with van der Waals surface area (Å²) < 4.78 is 38.4. The number of hydrazine groups is 1. The first-order chi connectivity index (χ1) is 8.94. The smallest absolute Gasteiger partial charge is 0.357 e. The van der Waals surface area contributed by atoms with Crippen molar-refractivity contribution in [1.29, 1.82) is 0 Å². The average molecular weight is 274 g/mol. The van der Waals surface area contributed by atoms with Crippen LogP contribution >= 0.6 is 0 Å². The number of alkyl halides is 3. The van der Waals surface area contributed by atoms with Crippen molar-refractivity contribution in [2.75, 3.05) is 23.4 Å². The fraction of sp³-hybridized carbons (Fsp3) is 0.583. The second-order valence-corrected chi connectivity index (χ2v) is 4.72. The summed E-state index contributed by atoms with van der Waals surface area (Å²) in [6, 6.07) is 1.99. The van der Waals surface area contributed by atoms with Gasteiger partial charge in [-0.25, -0.2) is 10.8 Å². The van der Waals surface area contributed by atoms with Gasteiger partial charge in [0.1, 0.15) is 11.6 Å². The maximum Gasteiger partial charge on any atom is 0.416 e.